The molecule has 0 aliphatic rings. The van der Waals surface area contributed by atoms with Crippen LogP contribution in [0.25, 0.3) is 0 Å². The Morgan fingerprint density at radius 1 is 1.47 bits per heavy atom. The van der Waals surface area contributed by atoms with Gasteiger partial charge in [0.05, 0.1) is 12.1 Å². The summed E-state index contributed by atoms with van der Waals surface area (Å²) in [6, 6.07) is 4.66. The minimum atomic E-state index is -0.844. The van der Waals surface area contributed by atoms with Crippen molar-refractivity contribution in [2.45, 2.75) is 19.8 Å². The van der Waals surface area contributed by atoms with Crippen LogP contribution in [0.15, 0.2) is 23.6 Å². The van der Waals surface area contributed by atoms with Gasteiger partial charge in [-0.3, -0.25) is 4.79 Å². The topological polar surface area (TPSA) is 62.2 Å². The van der Waals surface area contributed by atoms with Crippen LogP contribution in [0.1, 0.15) is 17.7 Å². The molecule has 0 aliphatic carbocycles. The van der Waals surface area contributed by atoms with Gasteiger partial charge < -0.3 is 10.4 Å². The summed E-state index contributed by atoms with van der Waals surface area (Å²) in [6.45, 7) is 1.81. The monoisotopic (exact) mass is 280 g/mol. The van der Waals surface area contributed by atoms with E-state index >= 15 is 0 Å². The second-order valence-electron chi connectivity index (χ2n) is 4.18. The maximum absolute atomic E-state index is 13.2. The second-order valence-corrected chi connectivity index (χ2v) is 5.04. The Morgan fingerprint density at radius 3 is 2.95 bits per heavy atom. The molecule has 0 atom stereocenters. The molecule has 0 saturated heterocycles. The summed E-state index contributed by atoms with van der Waals surface area (Å²) in [5.41, 5.74) is 2.19. The summed E-state index contributed by atoms with van der Waals surface area (Å²) in [5, 5.41) is 14.0. The van der Waals surface area contributed by atoms with E-state index < -0.39 is 5.97 Å². The minimum Gasteiger partial charge on any atom is -0.481 e. The molecule has 0 bridgehead atoms. The van der Waals surface area contributed by atoms with Gasteiger partial charge in [-0.05, 0) is 30.7 Å². The van der Waals surface area contributed by atoms with E-state index in [-0.39, 0.29) is 12.2 Å². The second kappa shape index (κ2) is 5.79. The number of carboxylic acids is 1. The maximum atomic E-state index is 13.2. The standard InChI is InChI=1S/C13H13FN2O2S/c1-8-4-9(14)6-11(5-8)16-13-15-10(7-19-13)2-3-12(17)18/h4-7H,2-3H2,1H3,(H,15,16)(H,17,18). The third-order valence-electron chi connectivity index (χ3n) is 2.44. The number of aliphatic carboxylic acids is 1. The highest BCUT2D eigenvalue weighted by molar-refractivity contribution is 7.13. The van der Waals surface area contributed by atoms with Gasteiger partial charge in [0.1, 0.15) is 5.82 Å². The fourth-order valence-electron chi connectivity index (χ4n) is 1.65. The van der Waals surface area contributed by atoms with Crippen LogP contribution in [0.5, 0.6) is 0 Å². The fraction of sp³-hybridized carbons (Fsp3) is 0.231. The Balaban J connectivity index is 2.05. The zero-order chi connectivity index (χ0) is 13.8. The van der Waals surface area contributed by atoms with Crippen molar-refractivity contribution in [3.8, 4) is 0 Å². The van der Waals surface area contributed by atoms with Crippen molar-refractivity contribution in [1.82, 2.24) is 4.98 Å². The molecule has 0 amide bonds. The number of nitrogens with zero attached hydrogens (tertiary/aromatic N) is 1. The zero-order valence-electron chi connectivity index (χ0n) is 10.3. The molecule has 0 unspecified atom stereocenters. The predicted molar refractivity (Wildman–Crippen MR) is 72.5 cm³/mol. The first kappa shape index (κ1) is 13.5. The van der Waals surface area contributed by atoms with Crippen LogP contribution in [-0.2, 0) is 11.2 Å². The summed E-state index contributed by atoms with van der Waals surface area (Å²) < 4.78 is 13.2. The lowest BCUT2D eigenvalue weighted by Gasteiger charge is -2.04. The highest BCUT2D eigenvalue weighted by Gasteiger charge is 2.06. The number of hydrogen-bond acceptors (Lipinski definition) is 4. The largest absolute Gasteiger partial charge is 0.481 e. The summed E-state index contributed by atoms with van der Waals surface area (Å²) >= 11 is 1.37. The molecule has 0 fully saturated rings. The van der Waals surface area contributed by atoms with Crippen LogP contribution >= 0.6 is 11.3 Å². The summed E-state index contributed by atoms with van der Waals surface area (Å²) in [7, 11) is 0. The van der Waals surface area contributed by atoms with Gasteiger partial charge in [-0.25, -0.2) is 9.37 Å². The van der Waals surface area contributed by atoms with E-state index in [4.69, 9.17) is 5.11 Å². The lowest BCUT2D eigenvalue weighted by atomic mass is 10.2. The molecule has 19 heavy (non-hydrogen) atoms. The number of anilines is 2. The van der Waals surface area contributed by atoms with Crippen molar-refractivity contribution in [3.05, 3.63) is 40.7 Å². The molecule has 0 saturated carbocycles. The molecular formula is C13H13FN2O2S. The van der Waals surface area contributed by atoms with Crippen molar-refractivity contribution in [1.29, 1.82) is 0 Å². The molecule has 2 N–H and O–H groups in total. The van der Waals surface area contributed by atoms with Gasteiger partial charge >= 0.3 is 5.97 Å². The van der Waals surface area contributed by atoms with Crippen molar-refractivity contribution in [2.75, 3.05) is 5.32 Å². The summed E-state index contributed by atoms with van der Waals surface area (Å²) in [4.78, 5) is 14.7. The van der Waals surface area contributed by atoms with E-state index in [1.807, 2.05) is 13.0 Å². The molecule has 6 heteroatoms. The maximum Gasteiger partial charge on any atom is 0.303 e. The lowest BCUT2D eigenvalue weighted by Crippen LogP contribution is -1.98. The average molecular weight is 280 g/mol. The molecule has 1 aromatic carbocycles. The normalized spacial score (nSPS) is 10.4. The van der Waals surface area contributed by atoms with Gasteiger partial charge in [-0.1, -0.05) is 0 Å². The van der Waals surface area contributed by atoms with Crippen LogP contribution in [0.3, 0.4) is 0 Å². The van der Waals surface area contributed by atoms with Gasteiger partial charge in [0.15, 0.2) is 5.13 Å². The van der Waals surface area contributed by atoms with E-state index in [2.05, 4.69) is 10.3 Å². The van der Waals surface area contributed by atoms with Crippen LogP contribution in [0.2, 0.25) is 0 Å². The van der Waals surface area contributed by atoms with Gasteiger partial charge in [-0.2, -0.15) is 0 Å². The number of thiazole rings is 1. The first-order valence-corrected chi connectivity index (χ1v) is 6.61. The van der Waals surface area contributed by atoms with Crippen molar-refractivity contribution in [3.63, 3.8) is 0 Å². The number of halogens is 1. The lowest BCUT2D eigenvalue weighted by molar-refractivity contribution is -0.136. The summed E-state index contributed by atoms with van der Waals surface area (Å²) in [5.74, 6) is -1.14. The molecule has 100 valence electrons. The van der Waals surface area contributed by atoms with Crippen LogP contribution in [0, 0.1) is 12.7 Å². The number of rotatable bonds is 5. The smallest absolute Gasteiger partial charge is 0.303 e. The van der Waals surface area contributed by atoms with E-state index in [9.17, 15) is 9.18 Å². The van der Waals surface area contributed by atoms with E-state index in [0.29, 0.717) is 17.2 Å². The van der Waals surface area contributed by atoms with Crippen LogP contribution < -0.4 is 5.32 Å². The van der Waals surface area contributed by atoms with Crippen LogP contribution in [-0.4, -0.2) is 16.1 Å². The molecule has 0 aliphatic heterocycles. The molecular weight excluding hydrogens is 267 g/mol. The molecule has 1 heterocycles. The Bertz CT molecular complexity index is 578. The summed E-state index contributed by atoms with van der Waals surface area (Å²) in [6.07, 6.45) is 0.456. The number of benzene rings is 1. The Labute approximate surface area is 113 Å². The number of nitrogens with one attached hydrogen (secondary N) is 1. The zero-order valence-corrected chi connectivity index (χ0v) is 11.1. The first-order valence-electron chi connectivity index (χ1n) is 5.73. The Hall–Kier alpha value is -1.95. The van der Waals surface area contributed by atoms with Gasteiger partial charge in [-0.15, -0.1) is 11.3 Å². The fourth-order valence-corrected chi connectivity index (χ4v) is 2.41. The van der Waals surface area contributed by atoms with Crippen LogP contribution in [0.4, 0.5) is 15.2 Å². The number of aromatic nitrogens is 1. The third-order valence-corrected chi connectivity index (χ3v) is 3.25. The average Bonchev–Trinajstić information content (AvgIpc) is 2.72. The van der Waals surface area contributed by atoms with E-state index in [1.54, 1.807) is 5.38 Å². The Morgan fingerprint density at radius 2 is 2.26 bits per heavy atom. The van der Waals surface area contributed by atoms with Gasteiger partial charge in [0, 0.05) is 17.5 Å². The molecule has 4 nitrogen and oxygen atoms in total. The minimum absolute atomic E-state index is 0.0578. The van der Waals surface area contributed by atoms with E-state index in [1.165, 1.54) is 23.5 Å². The first-order chi connectivity index (χ1) is 9.02. The molecule has 0 radical (unpaired) electrons. The van der Waals surface area contributed by atoms with E-state index in [0.717, 1.165) is 11.3 Å². The molecule has 0 spiro atoms. The third kappa shape index (κ3) is 4.03. The number of aryl methyl sites for hydroxylation is 2. The van der Waals surface area contributed by atoms with Crippen molar-refractivity contribution >= 4 is 28.1 Å². The molecule has 1 aromatic heterocycles. The Kier molecular flexibility index (Phi) is 4.11. The highest BCUT2D eigenvalue weighted by atomic mass is 32.1. The van der Waals surface area contributed by atoms with Gasteiger partial charge in [0.25, 0.3) is 0 Å². The quantitative estimate of drug-likeness (QED) is 0.881. The SMILES string of the molecule is Cc1cc(F)cc(Nc2nc(CCC(=O)O)cs2)c1. The number of carbonyl (C=O) groups is 1. The predicted octanol–water partition coefficient (Wildman–Crippen LogP) is 3.35. The van der Waals surface area contributed by atoms with Crippen molar-refractivity contribution < 1.29 is 14.3 Å². The number of carboxylic acid groups (broad SMARTS) is 1. The highest BCUT2D eigenvalue weighted by Crippen LogP contribution is 2.23. The molecule has 2 aromatic rings. The molecule has 2 rings (SSSR count). The van der Waals surface area contributed by atoms with Crippen molar-refractivity contribution in [2.24, 2.45) is 0 Å². The number of hydrogen-bond donors (Lipinski definition) is 2. The van der Waals surface area contributed by atoms with Gasteiger partial charge in [0.2, 0.25) is 0 Å².